The van der Waals surface area contributed by atoms with E-state index in [1.807, 2.05) is 6.07 Å². The molecule has 2 rings (SSSR count). The summed E-state index contributed by atoms with van der Waals surface area (Å²) in [5, 5.41) is 9.27. The summed E-state index contributed by atoms with van der Waals surface area (Å²) in [6, 6.07) is 6.76. The van der Waals surface area contributed by atoms with Crippen molar-refractivity contribution in [3.8, 4) is 6.07 Å². The molecule has 1 amide bonds. The summed E-state index contributed by atoms with van der Waals surface area (Å²) in [6.07, 6.45) is 4.40. The predicted molar refractivity (Wildman–Crippen MR) is 70.9 cm³/mol. The number of nitriles is 1. The summed E-state index contributed by atoms with van der Waals surface area (Å²) in [5.74, 6) is -0.0505. The zero-order chi connectivity index (χ0) is 13.8. The van der Waals surface area contributed by atoms with Gasteiger partial charge in [-0.1, -0.05) is 11.6 Å². The molecule has 0 saturated heterocycles. The van der Waals surface area contributed by atoms with Crippen LogP contribution < -0.4 is 4.90 Å². The number of rotatable bonds is 2. The fourth-order valence-electron chi connectivity index (χ4n) is 1.58. The molecule has 0 fully saturated rings. The summed E-state index contributed by atoms with van der Waals surface area (Å²) in [7, 11) is 1.54. The third-order valence-corrected chi connectivity index (χ3v) is 2.83. The van der Waals surface area contributed by atoms with Gasteiger partial charge in [-0.2, -0.15) is 5.26 Å². The molecule has 0 saturated carbocycles. The molecule has 0 aliphatic carbocycles. The lowest BCUT2D eigenvalue weighted by Gasteiger charge is -2.17. The van der Waals surface area contributed by atoms with Crippen molar-refractivity contribution >= 4 is 23.3 Å². The van der Waals surface area contributed by atoms with Crippen LogP contribution in [0.2, 0.25) is 5.02 Å². The Kier molecular flexibility index (Phi) is 3.74. The number of carbonyl (C=O) groups excluding carboxylic acids is 1. The lowest BCUT2D eigenvalue weighted by molar-refractivity contribution is 0.0992. The van der Waals surface area contributed by atoms with E-state index < -0.39 is 0 Å². The van der Waals surface area contributed by atoms with Crippen LogP contribution >= 0.6 is 11.6 Å². The molecule has 0 aliphatic heterocycles. The molecule has 0 spiro atoms. The van der Waals surface area contributed by atoms with Gasteiger partial charge in [-0.25, -0.2) is 4.98 Å². The van der Waals surface area contributed by atoms with Gasteiger partial charge in [0.25, 0.3) is 5.91 Å². The average molecular weight is 273 g/mol. The molecule has 0 N–H and O–H groups in total. The molecular formula is C13H9ClN4O. The first-order valence-corrected chi connectivity index (χ1v) is 5.75. The molecule has 0 bridgehead atoms. The van der Waals surface area contributed by atoms with Gasteiger partial charge in [0.15, 0.2) is 5.82 Å². The van der Waals surface area contributed by atoms with Crippen LogP contribution in [0.5, 0.6) is 0 Å². The molecule has 6 heteroatoms. The second-order valence-corrected chi connectivity index (χ2v) is 4.11. The van der Waals surface area contributed by atoms with Gasteiger partial charge >= 0.3 is 0 Å². The summed E-state index contributed by atoms with van der Waals surface area (Å²) >= 11 is 5.93. The predicted octanol–water partition coefficient (Wildman–Crippen LogP) is 2.28. The van der Waals surface area contributed by atoms with Gasteiger partial charge in [0, 0.05) is 25.6 Å². The minimum atomic E-state index is -0.345. The van der Waals surface area contributed by atoms with E-state index in [4.69, 9.17) is 16.9 Å². The second-order valence-electron chi connectivity index (χ2n) is 3.71. The Bertz CT molecular complexity index is 666. The van der Waals surface area contributed by atoms with E-state index in [2.05, 4.69) is 9.97 Å². The van der Waals surface area contributed by atoms with Crippen LogP contribution in [0.1, 0.15) is 15.9 Å². The fourth-order valence-corrected chi connectivity index (χ4v) is 1.78. The highest BCUT2D eigenvalue weighted by atomic mass is 35.5. The van der Waals surface area contributed by atoms with E-state index >= 15 is 0 Å². The summed E-state index contributed by atoms with van der Waals surface area (Å²) in [5.41, 5.74) is 0.636. The highest BCUT2D eigenvalue weighted by Gasteiger charge is 2.19. The van der Waals surface area contributed by atoms with Crippen molar-refractivity contribution in [3.05, 3.63) is 52.9 Å². The van der Waals surface area contributed by atoms with E-state index in [0.717, 1.165) is 0 Å². The zero-order valence-corrected chi connectivity index (χ0v) is 10.8. The SMILES string of the molecule is CN(C(=O)c1ccncc1Cl)c1ncccc1C#N. The van der Waals surface area contributed by atoms with Crippen LogP contribution in [0.3, 0.4) is 0 Å². The largest absolute Gasteiger partial charge is 0.295 e. The molecule has 2 aromatic heterocycles. The summed E-state index contributed by atoms with van der Waals surface area (Å²) in [4.78, 5) is 21.5. The van der Waals surface area contributed by atoms with Gasteiger partial charge in [0.2, 0.25) is 0 Å². The van der Waals surface area contributed by atoms with Crippen molar-refractivity contribution in [2.24, 2.45) is 0 Å². The van der Waals surface area contributed by atoms with Crippen molar-refractivity contribution < 1.29 is 4.79 Å². The quantitative estimate of drug-likeness (QED) is 0.841. The molecular weight excluding hydrogens is 264 g/mol. The monoisotopic (exact) mass is 272 g/mol. The van der Waals surface area contributed by atoms with Crippen molar-refractivity contribution in [3.63, 3.8) is 0 Å². The number of carbonyl (C=O) groups is 1. The Morgan fingerprint density at radius 1 is 1.42 bits per heavy atom. The summed E-state index contributed by atoms with van der Waals surface area (Å²) in [6.45, 7) is 0. The van der Waals surface area contributed by atoms with Gasteiger partial charge in [0.05, 0.1) is 16.1 Å². The lowest BCUT2D eigenvalue weighted by atomic mass is 10.2. The van der Waals surface area contributed by atoms with Crippen molar-refractivity contribution in [2.45, 2.75) is 0 Å². The molecule has 19 heavy (non-hydrogen) atoms. The molecule has 94 valence electrons. The molecule has 0 unspecified atom stereocenters. The maximum atomic E-state index is 12.3. The number of anilines is 1. The minimum Gasteiger partial charge on any atom is -0.295 e. The van der Waals surface area contributed by atoms with Crippen molar-refractivity contribution in [1.82, 2.24) is 9.97 Å². The van der Waals surface area contributed by atoms with E-state index in [0.29, 0.717) is 16.9 Å². The first kappa shape index (κ1) is 13.0. The number of hydrogen-bond acceptors (Lipinski definition) is 4. The van der Waals surface area contributed by atoms with E-state index in [1.54, 1.807) is 19.2 Å². The molecule has 0 radical (unpaired) electrons. The number of nitrogens with zero attached hydrogens (tertiary/aromatic N) is 4. The number of aromatic nitrogens is 2. The molecule has 2 heterocycles. The lowest BCUT2D eigenvalue weighted by Crippen LogP contribution is -2.28. The second kappa shape index (κ2) is 5.46. The standard InChI is InChI=1S/C13H9ClN4O/c1-18(12-9(7-15)3-2-5-17-12)13(19)10-4-6-16-8-11(10)14/h2-6,8H,1H3. The maximum Gasteiger partial charge on any atom is 0.260 e. The maximum absolute atomic E-state index is 12.3. The van der Waals surface area contributed by atoms with Gasteiger partial charge < -0.3 is 0 Å². The third-order valence-electron chi connectivity index (χ3n) is 2.53. The van der Waals surface area contributed by atoms with Crippen LogP contribution in [-0.2, 0) is 0 Å². The van der Waals surface area contributed by atoms with E-state index in [1.165, 1.54) is 29.6 Å². The van der Waals surface area contributed by atoms with Crippen molar-refractivity contribution in [2.75, 3.05) is 11.9 Å². The van der Waals surface area contributed by atoms with Crippen LogP contribution in [-0.4, -0.2) is 22.9 Å². The minimum absolute atomic E-state index is 0.258. The number of pyridine rings is 2. The number of amides is 1. The highest BCUT2D eigenvalue weighted by Crippen LogP contribution is 2.20. The Hall–Kier alpha value is -2.45. The third kappa shape index (κ3) is 2.54. The summed E-state index contributed by atoms with van der Waals surface area (Å²) < 4.78 is 0. The van der Waals surface area contributed by atoms with Gasteiger partial charge in [-0.15, -0.1) is 0 Å². The number of hydrogen-bond donors (Lipinski definition) is 0. The molecule has 2 aromatic rings. The van der Waals surface area contributed by atoms with E-state index in [-0.39, 0.29) is 10.9 Å². The van der Waals surface area contributed by atoms with Crippen LogP contribution in [0.15, 0.2) is 36.8 Å². The number of halogens is 1. The Balaban J connectivity index is 2.40. The van der Waals surface area contributed by atoms with Crippen LogP contribution in [0.4, 0.5) is 5.82 Å². The van der Waals surface area contributed by atoms with Crippen LogP contribution in [0.25, 0.3) is 0 Å². The molecule has 5 nitrogen and oxygen atoms in total. The zero-order valence-electron chi connectivity index (χ0n) is 10.0. The fraction of sp³-hybridized carbons (Fsp3) is 0.0769. The van der Waals surface area contributed by atoms with Crippen LogP contribution in [0, 0.1) is 11.3 Å². The van der Waals surface area contributed by atoms with Gasteiger partial charge in [-0.3, -0.25) is 14.7 Å². The molecule has 0 aliphatic rings. The molecule has 0 atom stereocenters. The highest BCUT2D eigenvalue weighted by molar-refractivity contribution is 6.34. The Morgan fingerprint density at radius 3 is 2.89 bits per heavy atom. The average Bonchev–Trinajstić information content (AvgIpc) is 2.46. The first-order chi connectivity index (χ1) is 9.15. The molecule has 0 aromatic carbocycles. The Labute approximate surface area is 115 Å². The van der Waals surface area contributed by atoms with E-state index in [9.17, 15) is 4.79 Å². The topological polar surface area (TPSA) is 69.9 Å². The van der Waals surface area contributed by atoms with Gasteiger partial charge in [-0.05, 0) is 18.2 Å². The normalized spacial score (nSPS) is 9.74. The van der Waals surface area contributed by atoms with Crippen molar-refractivity contribution in [1.29, 1.82) is 5.26 Å². The first-order valence-electron chi connectivity index (χ1n) is 5.38. The Morgan fingerprint density at radius 2 is 2.21 bits per heavy atom. The smallest absolute Gasteiger partial charge is 0.260 e. The van der Waals surface area contributed by atoms with Gasteiger partial charge in [0.1, 0.15) is 6.07 Å².